The van der Waals surface area contributed by atoms with Crippen LogP contribution >= 0.6 is 0 Å². The lowest BCUT2D eigenvalue weighted by Crippen LogP contribution is -2.52. The molecular formula is C9H18N2O. The predicted octanol–water partition coefficient (Wildman–Crippen LogP) is 0.0559. The van der Waals surface area contributed by atoms with Crippen LogP contribution in [-0.2, 0) is 4.74 Å². The second kappa shape index (κ2) is 3.73. The van der Waals surface area contributed by atoms with Gasteiger partial charge in [0.05, 0.1) is 13.2 Å². The van der Waals surface area contributed by atoms with Crippen LogP contribution < -0.4 is 5.73 Å². The van der Waals surface area contributed by atoms with E-state index >= 15 is 0 Å². The fourth-order valence-corrected chi connectivity index (χ4v) is 1.86. The van der Waals surface area contributed by atoms with Gasteiger partial charge in [0.1, 0.15) is 0 Å². The molecule has 12 heavy (non-hydrogen) atoms. The zero-order valence-electron chi connectivity index (χ0n) is 7.54. The molecule has 70 valence electrons. The molecule has 0 aliphatic carbocycles. The summed E-state index contributed by atoms with van der Waals surface area (Å²) < 4.78 is 5.13. The van der Waals surface area contributed by atoms with Crippen LogP contribution in [0.25, 0.3) is 0 Å². The van der Waals surface area contributed by atoms with E-state index in [2.05, 4.69) is 4.90 Å². The predicted molar refractivity (Wildman–Crippen MR) is 48.0 cm³/mol. The smallest absolute Gasteiger partial charge is 0.0516 e. The van der Waals surface area contributed by atoms with Crippen LogP contribution in [0.5, 0.6) is 0 Å². The molecular weight excluding hydrogens is 152 g/mol. The number of rotatable bonds is 4. The third kappa shape index (κ3) is 1.63. The Kier molecular flexibility index (Phi) is 2.63. The first-order valence-electron chi connectivity index (χ1n) is 4.92. The summed E-state index contributed by atoms with van der Waals surface area (Å²) in [6.45, 7) is 5.30. The lowest BCUT2D eigenvalue weighted by molar-refractivity contribution is -0.0444. The summed E-state index contributed by atoms with van der Waals surface area (Å²) in [7, 11) is 0. The van der Waals surface area contributed by atoms with Crippen LogP contribution in [0.4, 0.5) is 0 Å². The van der Waals surface area contributed by atoms with Gasteiger partial charge in [0.15, 0.2) is 0 Å². The maximum absolute atomic E-state index is 5.61. The molecule has 3 nitrogen and oxygen atoms in total. The van der Waals surface area contributed by atoms with Crippen molar-refractivity contribution >= 4 is 0 Å². The zero-order valence-corrected chi connectivity index (χ0v) is 7.54. The Hall–Kier alpha value is -0.120. The Labute approximate surface area is 73.9 Å². The molecule has 0 aromatic carbocycles. The average Bonchev–Trinajstić information content (AvgIpc) is 1.93. The van der Waals surface area contributed by atoms with Crippen LogP contribution in [0.3, 0.4) is 0 Å². The highest BCUT2D eigenvalue weighted by atomic mass is 16.5. The van der Waals surface area contributed by atoms with Gasteiger partial charge in [-0.25, -0.2) is 0 Å². The van der Waals surface area contributed by atoms with Crippen LogP contribution in [0, 0.1) is 5.92 Å². The molecule has 2 heterocycles. The maximum atomic E-state index is 5.61. The van der Waals surface area contributed by atoms with E-state index in [1.807, 2.05) is 0 Å². The first-order valence-corrected chi connectivity index (χ1v) is 4.92. The largest absolute Gasteiger partial charge is 0.381 e. The lowest BCUT2D eigenvalue weighted by atomic mass is 9.99. The van der Waals surface area contributed by atoms with Crippen molar-refractivity contribution in [3.63, 3.8) is 0 Å². The van der Waals surface area contributed by atoms with E-state index < -0.39 is 0 Å². The van der Waals surface area contributed by atoms with E-state index in [1.165, 1.54) is 25.9 Å². The number of likely N-dealkylation sites (tertiary alicyclic amines) is 1. The van der Waals surface area contributed by atoms with Gasteiger partial charge < -0.3 is 10.5 Å². The van der Waals surface area contributed by atoms with Gasteiger partial charge in [-0.05, 0) is 19.4 Å². The van der Waals surface area contributed by atoms with Crippen molar-refractivity contribution in [2.24, 2.45) is 11.7 Å². The maximum Gasteiger partial charge on any atom is 0.0516 e. The molecule has 1 atom stereocenters. The van der Waals surface area contributed by atoms with Gasteiger partial charge in [-0.3, -0.25) is 4.90 Å². The van der Waals surface area contributed by atoms with Crippen molar-refractivity contribution in [2.45, 2.75) is 18.9 Å². The van der Waals surface area contributed by atoms with Crippen molar-refractivity contribution in [1.29, 1.82) is 0 Å². The molecule has 0 spiro atoms. The molecule has 0 amide bonds. The molecule has 2 aliphatic rings. The van der Waals surface area contributed by atoms with Crippen molar-refractivity contribution in [2.75, 3.05) is 32.8 Å². The van der Waals surface area contributed by atoms with Crippen molar-refractivity contribution in [3.05, 3.63) is 0 Å². The second-order valence-electron chi connectivity index (χ2n) is 3.91. The lowest BCUT2D eigenvalue weighted by Gasteiger charge is -2.41. The number of hydrogen-bond acceptors (Lipinski definition) is 3. The van der Waals surface area contributed by atoms with Gasteiger partial charge in [0, 0.05) is 25.0 Å². The van der Waals surface area contributed by atoms with E-state index in [9.17, 15) is 0 Å². The minimum atomic E-state index is 0.686. The van der Waals surface area contributed by atoms with Crippen molar-refractivity contribution in [3.8, 4) is 0 Å². The van der Waals surface area contributed by atoms with Crippen LogP contribution in [0.2, 0.25) is 0 Å². The standard InChI is InChI=1S/C9H18N2O/c10-5-9-2-4-11(9)3-1-8-6-12-7-8/h8-9H,1-7,10H2. The van der Waals surface area contributed by atoms with Crippen molar-refractivity contribution in [1.82, 2.24) is 4.90 Å². The molecule has 0 aromatic rings. The Balaban J connectivity index is 1.59. The summed E-state index contributed by atoms with van der Waals surface area (Å²) in [5, 5.41) is 0. The summed E-state index contributed by atoms with van der Waals surface area (Å²) in [5.74, 6) is 0.837. The highest BCUT2D eigenvalue weighted by Gasteiger charge is 2.27. The summed E-state index contributed by atoms with van der Waals surface area (Å²) >= 11 is 0. The second-order valence-corrected chi connectivity index (χ2v) is 3.91. The Morgan fingerprint density at radius 3 is 2.67 bits per heavy atom. The molecule has 0 saturated carbocycles. The van der Waals surface area contributed by atoms with Gasteiger partial charge in [0.25, 0.3) is 0 Å². The summed E-state index contributed by atoms with van der Waals surface area (Å²) in [5.41, 5.74) is 5.61. The van der Waals surface area contributed by atoms with Gasteiger partial charge >= 0.3 is 0 Å². The third-order valence-corrected chi connectivity index (χ3v) is 3.07. The van der Waals surface area contributed by atoms with Gasteiger partial charge in [-0.1, -0.05) is 0 Å². The Bertz CT molecular complexity index is 145. The number of nitrogens with two attached hydrogens (primary N) is 1. The van der Waals surface area contributed by atoms with Crippen LogP contribution in [-0.4, -0.2) is 43.8 Å². The molecule has 0 aromatic heterocycles. The number of hydrogen-bond donors (Lipinski definition) is 1. The molecule has 3 heteroatoms. The van der Waals surface area contributed by atoms with Gasteiger partial charge in [-0.2, -0.15) is 0 Å². The van der Waals surface area contributed by atoms with Crippen LogP contribution in [0.1, 0.15) is 12.8 Å². The van der Waals surface area contributed by atoms with Crippen LogP contribution in [0.15, 0.2) is 0 Å². The summed E-state index contributed by atoms with van der Waals surface area (Å²) in [6.07, 6.45) is 2.61. The van der Waals surface area contributed by atoms with E-state index in [1.54, 1.807) is 0 Å². The fraction of sp³-hybridized carbons (Fsp3) is 1.00. The highest BCUT2D eigenvalue weighted by molar-refractivity contribution is 4.84. The monoisotopic (exact) mass is 170 g/mol. The molecule has 0 radical (unpaired) electrons. The first-order chi connectivity index (χ1) is 5.90. The molecule has 2 aliphatic heterocycles. The van der Waals surface area contributed by atoms with E-state index in [-0.39, 0.29) is 0 Å². The minimum Gasteiger partial charge on any atom is -0.381 e. The normalized spacial score (nSPS) is 31.2. The quantitative estimate of drug-likeness (QED) is 0.648. The summed E-state index contributed by atoms with van der Waals surface area (Å²) in [6, 6.07) is 0.686. The Morgan fingerprint density at radius 2 is 2.25 bits per heavy atom. The average molecular weight is 170 g/mol. The Morgan fingerprint density at radius 1 is 1.42 bits per heavy atom. The molecule has 2 N–H and O–H groups in total. The fourth-order valence-electron chi connectivity index (χ4n) is 1.86. The first kappa shape index (κ1) is 8.48. The number of ether oxygens (including phenoxy) is 1. The summed E-state index contributed by atoms with van der Waals surface area (Å²) in [4.78, 5) is 2.50. The molecule has 1 unspecified atom stereocenters. The van der Waals surface area contributed by atoms with E-state index in [4.69, 9.17) is 10.5 Å². The SMILES string of the molecule is NCC1CCN1CCC1COC1. The molecule has 2 fully saturated rings. The molecule has 0 bridgehead atoms. The molecule has 2 rings (SSSR count). The zero-order chi connectivity index (χ0) is 8.39. The van der Waals surface area contributed by atoms with Gasteiger partial charge in [-0.15, -0.1) is 0 Å². The minimum absolute atomic E-state index is 0.686. The van der Waals surface area contributed by atoms with Gasteiger partial charge in [0.2, 0.25) is 0 Å². The highest BCUT2D eigenvalue weighted by Crippen LogP contribution is 2.20. The topological polar surface area (TPSA) is 38.5 Å². The molecule has 2 saturated heterocycles. The third-order valence-electron chi connectivity index (χ3n) is 3.07. The van der Waals surface area contributed by atoms with E-state index in [0.29, 0.717) is 6.04 Å². The number of nitrogens with zero attached hydrogens (tertiary/aromatic N) is 1. The van der Waals surface area contributed by atoms with Crippen molar-refractivity contribution < 1.29 is 4.74 Å². The van der Waals surface area contributed by atoms with E-state index in [0.717, 1.165) is 25.7 Å².